The molecule has 3 aromatic rings. The summed E-state index contributed by atoms with van der Waals surface area (Å²) in [7, 11) is 0. The Kier molecular flexibility index (Phi) is 4.83. The molecule has 0 unspecified atom stereocenters. The van der Waals surface area contributed by atoms with Crippen LogP contribution in [0.25, 0.3) is 11.8 Å². The zero-order valence-corrected chi connectivity index (χ0v) is 17.0. The van der Waals surface area contributed by atoms with E-state index < -0.39 is 17.8 Å². The first-order valence-electron chi connectivity index (χ1n) is 9.58. The number of benzene rings is 2. The highest BCUT2D eigenvalue weighted by atomic mass is 16.2. The van der Waals surface area contributed by atoms with Crippen molar-refractivity contribution in [3.63, 3.8) is 0 Å². The van der Waals surface area contributed by atoms with Gasteiger partial charge in [0.25, 0.3) is 11.8 Å². The lowest BCUT2D eigenvalue weighted by atomic mass is 10.1. The van der Waals surface area contributed by atoms with Gasteiger partial charge >= 0.3 is 6.03 Å². The molecule has 1 fully saturated rings. The number of imide groups is 2. The van der Waals surface area contributed by atoms with E-state index in [-0.39, 0.29) is 5.57 Å². The summed E-state index contributed by atoms with van der Waals surface area (Å²) < 4.78 is 1.90. The van der Waals surface area contributed by atoms with Crippen LogP contribution in [0.3, 0.4) is 0 Å². The molecule has 4 rings (SSSR count). The van der Waals surface area contributed by atoms with Crippen molar-refractivity contribution in [2.45, 2.75) is 20.8 Å². The van der Waals surface area contributed by atoms with Gasteiger partial charge in [0.2, 0.25) is 0 Å². The number of anilines is 1. The van der Waals surface area contributed by atoms with Crippen molar-refractivity contribution in [1.82, 2.24) is 9.88 Å². The van der Waals surface area contributed by atoms with Crippen LogP contribution in [0.5, 0.6) is 0 Å². The van der Waals surface area contributed by atoms with Crippen LogP contribution in [0.1, 0.15) is 22.4 Å². The van der Waals surface area contributed by atoms with E-state index in [0.717, 1.165) is 27.3 Å². The monoisotopic (exact) mass is 399 g/mol. The molecule has 0 spiro atoms. The number of nitrogens with one attached hydrogen (secondary N) is 1. The number of carbonyl (C=O) groups excluding carboxylic acids is 3. The molecule has 4 amide bonds. The number of amides is 4. The maximum absolute atomic E-state index is 13.2. The Hall–Kier alpha value is -3.93. The van der Waals surface area contributed by atoms with Crippen LogP contribution in [-0.2, 0) is 9.59 Å². The lowest BCUT2D eigenvalue weighted by molar-refractivity contribution is -0.122. The Morgan fingerprint density at radius 1 is 0.867 bits per heavy atom. The number of barbiturate groups is 1. The first-order valence-corrected chi connectivity index (χ1v) is 9.58. The summed E-state index contributed by atoms with van der Waals surface area (Å²) in [5.41, 5.74) is 4.84. The Bertz CT molecular complexity index is 1200. The van der Waals surface area contributed by atoms with Crippen LogP contribution in [0.4, 0.5) is 10.5 Å². The zero-order valence-electron chi connectivity index (χ0n) is 17.0. The highest BCUT2D eigenvalue weighted by Crippen LogP contribution is 2.25. The van der Waals surface area contributed by atoms with E-state index in [9.17, 15) is 14.4 Å². The first kappa shape index (κ1) is 19.4. The molecule has 0 aliphatic carbocycles. The number of hydrogen-bond acceptors (Lipinski definition) is 3. The van der Waals surface area contributed by atoms with Crippen LogP contribution in [0, 0.1) is 20.8 Å². The molecular weight excluding hydrogens is 378 g/mol. The molecule has 1 aromatic heterocycles. The Labute approximate surface area is 174 Å². The lowest BCUT2D eigenvalue weighted by Gasteiger charge is -2.27. The van der Waals surface area contributed by atoms with Crippen molar-refractivity contribution >= 4 is 29.6 Å². The predicted octanol–water partition coefficient (Wildman–Crippen LogP) is 4.07. The third-order valence-corrected chi connectivity index (χ3v) is 5.01. The summed E-state index contributed by atoms with van der Waals surface area (Å²) in [6, 6.07) is 16.2. The first-order chi connectivity index (χ1) is 14.3. The smallest absolute Gasteiger partial charge is 0.317 e. The number of aromatic nitrogens is 1. The molecule has 6 heteroatoms. The van der Waals surface area contributed by atoms with Crippen molar-refractivity contribution in [3.05, 3.63) is 88.8 Å². The second-order valence-corrected chi connectivity index (χ2v) is 7.39. The number of urea groups is 1. The molecule has 6 nitrogen and oxygen atoms in total. The normalized spacial score (nSPS) is 15.6. The van der Waals surface area contributed by atoms with Gasteiger partial charge in [-0.25, -0.2) is 9.69 Å². The third kappa shape index (κ3) is 3.43. The van der Waals surface area contributed by atoms with E-state index in [1.54, 1.807) is 12.1 Å². The standard InChI is InChI=1S/C24H21N3O3/c1-15-11-16(2)13-19(12-15)27-23(29)20(22(28)25-24(27)30)14-18-8-6-10-26(18)21-9-5-4-7-17(21)3/h4-14H,1-3H3,(H,25,28,30)/b20-14+. The number of rotatable bonds is 3. The minimum absolute atomic E-state index is 0.0951. The Morgan fingerprint density at radius 3 is 2.27 bits per heavy atom. The average molecular weight is 399 g/mol. The molecule has 150 valence electrons. The predicted molar refractivity (Wildman–Crippen MR) is 115 cm³/mol. The van der Waals surface area contributed by atoms with Crippen LogP contribution in [0.15, 0.2) is 66.4 Å². The molecular formula is C24H21N3O3. The molecule has 0 atom stereocenters. The number of para-hydroxylation sites is 1. The zero-order chi connectivity index (χ0) is 21.4. The van der Waals surface area contributed by atoms with Gasteiger partial charge in [-0.05, 0) is 73.9 Å². The van der Waals surface area contributed by atoms with Crippen molar-refractivity contribution in [2.75, 3.05) is 4.90 Å². The fourth-order valence-electron chi connectivity index (χ4n) is 3.68. The van der Waals surface area contributed by atoms with Gasteiger partial charge in [0.1, 0.15) is 5.57 Å². The minimum Gasteiger partial charge on any atom is -0.317 e. The van der Waals surface area contributed by atoms with E-state index in [2.05, 4.69) is 5.32 Å². The SMILES string of the molecule is Cc1cc(C)cc(N2C(=O)NC(=O)/C(=C\c3cccn3-c3ccccc3C)C2=O)c1. The molecule has 1 aliphatic heterocycles. The van der Waals surface area contributed by atoms with Crippen molar-refractivity contribution in [2.24, 2.45) is 0 Å². The fourth-order valence-corrected chi connectivity index (χ4v) is 3.68. The maximum Gasteiger partial charge on any atom is 0.335 e. The van der Waals surface area contributed by atoms with E-state index in [0.29, 0.717) is 11.4 Å². The van der Waals surface area contributed by atoms with Gasteiger partial charge in [0, 0.05) is 17.6 Å². The van der Waals surface area contributed by atoms with Gasteiger partial charge in [-0.1, -0.05) is 24.3 Å². The number of carbonyl (C=O) groups is 3. The van der Waals surface area contributed by atoms with Crippen molar-refractivity contribution in [1.29, 1.82) is 0 Å². The maximum atomic E-state index is 13.2. The van der Waals surface area contributed by atoms with Crippen molar-refractivity contribution < 1.29 is 14.4 Å². The molecule has 0 radical (unpaired) electrons. The molecule has 1 N–H and O–H groups in total. The van der Waals surface area contributed by atoms with Gasteiger partial charge in [-0.2, -0.15) is 0 Å². The van der Waals surface area contributed by atoms with E-state index in [1.165, 1.54) is 6.08 Å². The van der Waals surface area contributed by atoms with Gasteiger partial charge in [-0.3, -0.25) is 14.9 Å². The van der Waals surface area contributed by atoms with E-state index in [1.807, 2.05) is 74.0 Å². The molecule has 30 heavy (non-hydrogen) atoms. The number of nitrogens with zero attached hydrogens (tertiary/aromatic N) is 2. The highest BCUT2D eigenvalue weighted by Gasteiger charge is 2.37. The van der Waals surface area contributed by atoms with Gasteiger partial charge < -0.3 is 4.57 Å². The lowest BCUT2D eigenvalue weighted by Crippen LogP contribution is -2.54. The van der Waals surface area contributed by atoms with Crippen molar-refractivity contribution in [3.8, 4) is 5.69 Å². The van der Waals surface area contributed by atoms with Crippen LogP contribution < -0.4 is 10.2 Å². The summed E-state index contributed by atoms with van der Waals surface area (Å²) >= 11 is 0. The number of hydrogen-bond donors (Lipinski definition) is 1. The van der Waals surface area contributed by atoms with E-state index >= 15 is 0 Å². The molecule has 0 bridgehead atoms. The van der Waals surface area contributed by atoms with Gasteiger partial charge in [-0.15, -0.1) is 0 Å². The number of aryl methyl sites for hydroxylation is 3. The summed E-state index contributed by atoms with van der Waals surface area (Å²) in [5, 5.41) is 2.28. The molecule has 0 saturated carbocycles. The van der Waals surface area contributed by atoms with Gasteiger partial charge in [0.15, 0.2) is 0 Å². The van der Waals surface area contributed by atoms with Crippen LogP contribution in [0.2, 0.25) is 0 Å². The van der Waals surface area contributed by atoms with Gasteiger partial charge in [0.05, 0.1) is 5.69 Å². The third-order valence-electron chi connectivity index (χ3n) is 5.01. The fraction of sp³-hybridized carbons (Fsp3) is 0.125. The summed E-state index contributed by atoms with van der Waals surface area (Å²) in [4.78, 5) is 39.2. The molecule has 1 aliphatic rings. The summed E-state index contributed by atoms with van der Waals surface area (Å²) in [6.45, 7) is 5.77. The molecule has 2 aromatic carbocycles. The molecule has 2 heterocycles. The second kappa shape index (κ2) is 7.48. The van der Waals surface area contributed by atoms with Crippen LogP contribution >= 0.6 is 0 Å². The quantitative estimate of drug-likeness (QED) is 0.533. The summed E-state index contributed by atoms with van der Waals surface area (Å²) in [6.07, 6.45) is 3.39. The van der Waals surface area contributed by atoms with Crippen LogP contribution in [-0.4, -0.2) is 22.4 Å². The molecule has 1 saturated heterocycles. The highest BCUT2D eigenvalue weighted by molar-refractivity contribution is 6.39. The average Bonchev–Trinajstić information content (AvgIpc) is 3.12. The topological polar surface area (TPSA) is 71.4 Å². The largest absolute Gasteiger partial charge is 0.335 e. The minimum atomic E-state index is -0.749. The Morgan fingerprint density at radius 2 is 1.57 bits per heavy atom. The summed E-state index contributed by atoms with van der Waals surface area (Å²) in [5.74, 6) is -1.35. The van der Waals surface area contributed by atoms with E-state index in [4.69, 9.17) is 0 Å². The second-order valence-electron chi connectivity index (χ2n) is 7.39. The Balaban J connectivity index is 1.78.